The molecule has 0 aromatic heterocycles. The van der Waals surface area contributed by atoms with E-state index < -0.39 is 5.97 Å². The molecular weight excluding hydrogens is 342 g/mol. The lowest BCUT2D eigenvalue weighted by atomic mass is 10.1. The third kappa shape index (κ3) is 5.45. The second-order valence-electron chi connectivity index (χ2n) is 6.57. The number of ether oxygens (including phenoxy) is 2. The maximum absolute atomic E-state index is 12.2. The van der Waals surface area contributed by atoms with Gasteiger partial charge in [-0.15, -0.1) is 0 Å². The Morgan fingerprint density at radius 1 is 1.11 bits per heavy atom. The summed E-state index contributed by atoms with van der Waals surface area (Å²) in [7, 11) is 0. The van der Waals surface area contributed by atoms with Crippen LogP contribution in [0.2, 0.25) is 0 Å². The molecule has 5 nitrogen and oxygen atoms in total. The number of hydrogen-bond donors (Lipinski definition) is 1. The van der Waals surface area contributed by atoms with Crippen LogP contribution in [0.4, 0.5) is 0 Å². The molecule has 0 fully saturated rings. The second-order valence-corrected chi connectivity index (χ2v) is 6.57. The monoisotopic (exact) mass is 365 g/mol. The Bertz CT molecular complexity index is 829. The van der Waals surface area contributed by atoms with Gasteiger partial charge in [-0.1, -0.05) is 48.5 Å². The number of aryl methyl sites for hydroxylation is 1. The topological polar surface area (TPSA) is 64.6 Å². The van der Waals surface area contributed by atoms with E-state index in [-0.39, 0.29) is 25.2 Å². The van der Waals surface area contributed by atoms with Gasteiger partial charge in [0.25, 0.3) is 5.91 Å². The molecule has 0 unspecified atom stereocenters. The molecule has 5 heteroatoms. The quantitative estimate of drug-likeness (QED) is 0.766. The van der Waals surface area contributed by atoms with Crippen molar-refractivity contribution < 1.29 is 19.1 Å². The van der Waals surface area contributed by atoms with Gasteiger partial charge in [0.05, 0.1) is 5.57 Å². The molecule has 2 aromatic carbocycles. The van der Waals surface area contributed by atoms with E-state index in [1.165, 1.54) is 5.56 Å². The first-order chi connectivity index (χ1) is 13.1. The summed E-state index contributed by atoms with van der Waals surface area (Å²) in [6.07, 6.45) is 3.44. The lowest BCUT2D eigenvalue weighted by molar-refractivity contribution is -0.145. The minimum atomic E-state index is -0.531. The summed E-state index contributed by atoms with van der Waals surface area (Å²) in [5.41, 5.74) is 2.46. The van der Waals surface area contributed by atoms with Crippen LogP contribution >= 0.6 is 0 Å². The van der Waals surface area contributed by atoms with Crippen molar-refractivity contribution >= 4 is 18.0 Å². The Morgan fingerprint density at radius 3 is 2.67 bits per heavy atom. The Hall–Kier alpha value is -3.08. The number of esters is 1. The number of amides is 1. The smallest absolute Gasteiger partial charge is 0.338 e. The van der Waals surface area contributed by atoms with Gasteiger partial charge in [-0.2, -0.15) is 0 Å². The Balaban J connectivity index is 1.42. The number of hydrogen-bond acceptors (Lipinski definition) is 4. The van der Waals surface area contributed by atoms with E-state index in [0.29, 0.717) is 5.57 Å². The van der Waals surface area contributed by atoms with Crippen LogP contribution in [-0.2, 0) is 20.7 Å². The zero-order chi connectivity index (χ0) is 19.1. The van der Waals surface area contributed by atoms with Crippen molar-refractivity contribution in [2.75, 3.05) is 13.2 Å². The maximum Gasteiger partial charge on any atom is 0.338 e. The van der Waals surface area contributed by atoms with Gasteiger partial charge >= 0.3 is 5.97 Å². The predicted octanol–water partition coefficient (Wildman–Crippen LogP) is 3.14. The zero-order valence-corrected chi connectivity index (χ0v) is 15.3. The summed E-state index contributed by atoms with van der Waals surface area (Å²) in [6.45, 7) is 1.79. The van der Waals surface area contributed by atoms with Crippen LogP contribution in [0.1, 0.15) is 24.5 Å². The summed E-state index contributed by atoms with van der Waals surface area (Å²) in [5.74, 6) is -0.0998. The van der Waals surface area contributed by atoms with Crippen molar-refractivity contribution in [3.05, 3.63) is 71.3 Å². The minimum absolute atomic E-state index is 0.000476. The molecule has 0 saturated heterocycles. The van der Waals surface area contributed by atoms with Gasteiger partial charge in [0, 0.05) is 11.6 Å². The van der Waals surface area contributed by atoms with Crippen LogP contribution < -0.4 is 10.1 Å². The van der Waals surface area contributed by atoms with Crippen LogP contribution in [0, 0.1) is 0 Å². The van der Waals surface area contributed by atoms with Crippen molar-refractivity contribution in [2.45, 2.75) is 25.8 Å². The predicted molar refractivity (Wildman–Crippen MR) is 103 cm³/mol. The Labute approximate surface area is 159 Å². The number of fused-ring (bicyclic) bond motifs is 1. The molecule has 0 saturated carbocycles. The third-order valence-corrected chi connectivity index (χ3v) is 4.34. The molecule has 1 N–H and O–H groups in total. The molecule has 140 valence electrons. The van der Waals surface area contributed by atoms with E-state index in [1.807, 2.05) is 49.4 Å². The first-order valence-corrected chi connectivity index (χ1v) is 9.04. The van der Waals surface area contributed by atoms with Crippen LogP contribution in [0.5, 0.6) is 5.75 Å². The van der Waals surface area contributed by atoms with Gasteiger partial charge in [-0.25, -0.2) is 4.79 Å². The molecule has 3 rings (SSSR count). The van der Waals surface area contributed by atoms with Crippen molar-refractivity contribution in [2.24, 2.45) is 0 Å². The van der Waals surface area contributed by atoms with E-state index in [9.17, 15) is 9.59 Å². The molecule has 1 aliphatic heterocycles. The number of carbonyl (C=O) groups is 2. The van der Waals surface area contributed by atoms with Gasteiger partial charge in [0.1, 0.15) is 12.4 Å². The molecule has 1 atom stereocenters. The van der Waals surface area contributed by atoms with Crippen LogP contribution in [0.25, 0.3) is 6.08 Å². The molecule has 1 amide bonds. The van der Waals surface area contributed by atoms with E-state index in [0.717, 1.165) is 24.2 Å². The van der Waals surface area contributed by atoms with Gasteiger partial charge in [0.15, 0.2) is 6.61 Å². The lowest BCUT2D eigenvalue weighted by Gasteiger charge is -2.17. The van der Waals surface area contributed by atoms with Crippen molar-refractivity contribution in [3.8, 4) is 5.75 Å². The molecule has 2 aromatic rings. The van der Waals surface area contributed by atoms with Gasteiger partial charge in [-0.3, -0.25) is 4.79 Å². The van der Waals surface area contributed by atoms with E-state index in [2.05, 4.69) is 17.4 Å². The highest BCUT2D eigenvalue weighted by Crippen LogP contribution is 2.26. The number of nitrogens with one attached hydrogen (secondary N) is 1. The Morgan fingerprint density at radius 2 is 1.85 bits per heavy atom. The van der Waals surface area contributed by atoms with E-state index in [1.54, 1.807) is 6.08 Å². The molecular formula is C22H23NO4. The highest BCUT2D eigenvalue weighted by molar-refractivity contribution is 5.96. The highest BCUT2D eigenvalue weighted by atomic mass is 16.5. The normalized spacial score (nSPS) is 13.6. The van der Waals surface area contributed by atoms with Crippen LogP contribution in [0.3, 0.4) is 0 Å². The average molecular weight is 365 g/mol. The van der Waals surface area contributed by atoms with E-state index in [4.69, 9.17) is 9.47 Å². The summed E-state index contributed by atoms with van der Waals surface area (Å²) < 4.78 is 10.7. The fourth-order valence-electron chi connectivity index (χ4n) is 2.87. The number of para-hydroxylation sites is 1. The summed E-state index contributed by atoms with van der Waals surface area (Å²) in [4.78, 5) is 24.2. The summed E-state index contributed by atoms with van der Waals surface area (Å²) in [5, 5.41) is 2.86. The second kappa shape index (κ2) is 9.03. The largest absolute Gasteiger partial charge is 0.488 e. The SMILES string of the molecule is C[C@@H](CCc1ccccc1)NC(=O)COC(=O)C1=Cc2ccccc2OC1. The number of benzene rings is 2. The molecule has 0 radical (unpaired) electrons. The standard InChI is InChI=1S/C22H23NO4/c1-16(11-12-17-7-3-2-4-8-17)23-21(24)15-27-22(25)19-13-18-9-5-6-10-20(18)26-14-19/h2-10,13,16H,11-12,14-15H2,1H3,(H,23,24)/t16-/m0/s1. The van der Waals surface area contributed by atoms with Crippen LogP contribution in [0.15, 0.2) is 60.2 Å². The molecule has 0 spiro atoms. The summed E-state index contributed by atoms with van der Waals surface area (Å²) >= 11 is 0. The average Bonchev–Trinajstić information content (AvgIpc) is 2.71. The third-order valence-electron chi connectivity index (χ3n) is 4.34. The molecule has 1 heterocycles. The van der Waals surface area contributed by atoms with Crippen molar-refractivity contribution in [1.29, 1.82) is 0 Å². The number of rotatable bonds is 7. The Kier molecular flexibility index (Phi) is 6.26. The van der Waals surface area contributed by atoms with Crippen LogP contribution in [-0.4, -0.2) is 31.1 Å². The first-order valence-electron chi connectivity index (χ1n) is 9.04. The first kappa shape index (κ1) is 18.7. The molecule has 0 bridgehead atoms. The highest BCUT2D eigenvalue weighted by Gasteiger charge is 2.19. The molecule has 27 heavy (non-hydrogen) atoms. The fourth-order valence-corrected chi connectivity index (χ4v) is 2.87. The molecule has 0 aliphatic carbocycles. The van der Waals surface area contributed by atoms with Crippen molar-refractivity contribution in [1.82, 2.24) is 5.32 Å². The van der Waals surface area contributed by atoms with E-state index >= 15 is 0 Å². The van der Waals surface area contributed by atoms with Crippen molar-refractivity contribution in [3.63, 3.8) is 0 Å². The lowest BCUT2D eigenvalue weighted by Crippen LogP contribution is -2.36. The number of carbonyl (C=O) groups excluding carboxylic acids is 2. The molecule has 1 aliphatic rings. The zero-order valence-electron chi connectivity index (χ0n) is 15.3. The summed E-state index contributed by atoms with van der Waals surface area (Å²) in [6, 6.07) is 17.6. The van der Waals surface area contributed by atoms with Gasteiger partial charge in [0.2, 0.25) is 0 Å². The van der Waals surface area contributed by atoms with Gasteiger partial charge in [-0.05, 0) is 37.5 Å². The fraction of sp³-hybridized carbons (Fsp3) is 0.273. The maximum atomic E-state index is 12.2. The van der Waals surface area contributed by atoms with Gasteiger partial charge < -0.3 is 14.8 Å². The minimum Gasteiger partial charge on any atom is -0.488 e.